The largest absolute Gasteiger partial charge is 0.418 e. The number of anilines is 1. The molecule has 1 saturated carbocycles. The third-order valence-electron chi connectivity index (χ3n) is 4.71. The summed E-state index contributed by atoms with van der Waals surface area (Å²) in [5.41, 5.74) is -0.0313. The maximum atomic E-state index is 13.1. The van der Waals surface area contributed by atoms with E-state index in [1.165, 1.54) is 30.0 Å². The molecule has 1 aliphatic rings. The molecule has 0 spiro atoms. The molecule has 2 aromatic carbocycles. The molecule has 0 aliphatic heterocycles. The highest BCUT2D eigenvalue weighted by Gasteiger charge is 2.34. The zero-order valence-electron chi connectivity index (χ0n) is 15.9. The Morgan fingerprint density at radius 3 is 2.47 bits per heavy atom. The van der Waals surface area contributed by atoms with Crippen LogP contribution in [-0.4, -0.2) is 26.4 Å². The SMILES string of the molecule is O=C(CSc1nnc(C2CC2)n1Cc1ccccc1)Nc1ccccc1C(F)(F)F. The highest BCUT2D eigenvalue weighted by Crippen LogP contribution is 2.40. The molecular weight excluding hydrogens is 413 g/mol. The van der Waals surface area contributed by atoms with Gasteiger partial charge >= 0.3 is 6.18 Å². The van der Waals surface area contributed by atoms with Crippen LogP contribution in [0, 0.1) is 0 Å². The first-order chi connectivity index (χ1) is 14.4. The molecule has 4 rings (SSSR count). The van der Waals surface area contributed by atoms with Gasteiger partial charge in [0, 0.05) is 5.92 Å². The first kappa shape index (κ1) is 20.5. The molecule has 0 saturated heterocycles. The number of benzene rings is 2. The monoisotopic (exact) mass is 432 g/mol. The van der Waals surface area contributed by atoms with E-state index in [4.69, 9.17) is 0 Å². The molecular formula is C21H19F3N4OS. The summed E-state index contributed by atoms with van der Waals surface area (Å²) in [7, 11) is 0. The van der Waals surface area contributed by atoms with E-state index in [9.17, 15) is 18.0 Å². The van der Waals surface area contributed by atoms with Crippen molar-refractivity contribution in [3.05, 3.63) is 71.5 Å². The Morgan fingerprint density at radius 2 is 1.77 bits per heavy atom. The summed E-state index contributed by atoms with van der Waals surface area (Å²) in [5, 5.41) is 11.5. The second kappa shape index (κ2) is 8.51. The van der Waals surface area contributed by atoms with Crippen LogP contribution in [0.15, 0.2) is 59.8 Å². The van der Waals surface area contributed by atoms with Gasteiger partial charge in [-0.05, 0) is 30.5 Å². The van der Waals surface area contributed by atoms with Gasteiger partial charge in [-0.25, -0.2) is 0 Å². The maximum Gasteiger partial charge on any atom is 0.418 e. The van der Waals surface area contributed by atoms with Gasteiger partial charge in [-0.3, -0.25) is 4.79 Å². The molecule has 156 valence electrons. The van der Waals surface area contributed by atoms with Crippen molar-refractivity contribution in [3.63, 3.8) is 0 Å². The van der Waals surface area contributed by atoms with Crippen molar-refractivity contribution in [1.29, 1.82) is 0 Å². The van der Waals surface area contributed by atoms with Crippen molar-refractivity contribution >= 4 is 23.4 Å². The lowest BCUT2D eigenvalue weighted by atomic mass is 10.1. The Hall–Kier alpha value is -2.81. The van der Waals surface area contributed by atoms with Crippen LogP contribution in [0.5, 0.6) is 0 Å². The van der Waals surface area contributed by atoms with Gasteiger partial charge in [-0.2, -0.15) is 13.2 Å². The maximum absolute atomic E-state index is 13.1. The molecule has 5 nitrogen and oxygen atoms in total. The quantitative estimate of drug-likeness (QED) is 0.537. The Kier molecular flexibility index (Phi) is 5.80. The predicted octanol–water partition coefficient (Wildman–Crippen LogP) is 4.95. The van der Waals surface area contributed by atoms with Gasteiger partial charge in [0.2, 0.25) is 5.91 Å². The normalized spacial score (nSPS) is 14.0. The minimum absolute atomic E-state index is 0.0657. The van der Waals surface area contributed by atoms with Crippen molar-refractivity contribution in [1.82, 2.24) is 14.8 Å². The molecule has 1 amide bonds. The van der Waals surface area contributed by atoms with Crippen molar-refractivity contribution in [2.75, 3.05) is 11.1 Å². The van der Waals surface area contributed by atoms with Gasteiger partial charge in [0.15, 0.2) is 5.16 Å². The van der Waals surface area contributed by atoms with E-state index in [-0.39, 0.29) is 11.4 Å². The number of alkyl halides is 3. The standard InChI is InChI=1S/C21H19F3N4OS/c22-21(23,24)16-8-4-5-9-17(16)25-18(29)13-30-20-27-26-19(15-10-11-15)28(20)12-14-6-2-1-3-7-14/h1-9,15H,10-13H2,(H,25,29). The third kappa shape index (κ3) is 4.84. The van der Waals surface area contributed by atoms with Crippen LogP contribution in [0.25, 0.3) is 0 Å². The van der Waals surface area contributed by atoms with Gasteiger partial charge in [0.05, 0.1) is 23.5 Å². The first-order valence-electron chi connectivity index (χ1n) is 9.47. The Balaban J connectivity index is 1.46. The van der Waals surface area contributed by atoms with Gasteiger partial charge < -0.3 is 9.88 Å². The van der Waals surface area contributed by atoms with Crippen molar-refractivity contribution < 1.29 is 18.0 Å². The zero-order chi connectivity index (χ0) is 21.1. The number of nitrogens with zero attached hydrogens (tertiary/aromatic N) is 3. The van der Waals surface area contributed by atoms with Crippen molar-refractivity contribution in [2.45, 2.75) is 36.6 Å². The van der Waals surface area contributed by atoms with Crippen LogP contribution in [0.2, 0.25) is 0 Å². The van der Waals surface area contributed by atoms with Gasteiger partial charge in [-0.1, -0.05) is 54.2 Å². The fraction of sp³-hybridized carbons (Fsp3) is 0.286. The molecule has 1 aliphatic carbocycles. The van der Waals surface area contributed by atoms with Crippen molar-refractivity contribution in [3.8, 4) is 0 Å². The van der Waals surface area contributed by atoms with E-state index >= 15 is 0 Å². The predicted molar refractivity (Wildman–Crippen MR) is 108 cm³/mol. The van der Waals surface area contributed by atoms with E-state index < -0.39 is 17.6 Å². The van der Waals surface area contributed by atoms with Gasteiger partial charge in [0.1, 0.15) is 5.82 Å². The van der Waals surface area contributed by atoms with E-state index in [2.05, 4.69) is 15.5 Å². The Labute approximate surface area is 175 Å². The molecule has 30 heavy (non-hydrogen) atoms. The number of rotatable bonds is 7. The molecule has 1 N–H and O–H groups in total. The molecule has 1 aromatic heterocycles. The number of carbonyl (C=O) groups is 1. The lowest BCUT2D eigenvalue weighted by Crippen LogP contribution is -2.18. The lowest BCUT2D eigenvalue weighted by Gasteiger charge is -2.13. The third-order valence-corrected chi connectivity index (χ3v) is 5.68. The van der Waals surface area contributed by atoms with Crippen LogP contribution < -0.4 is 5.32 Å². The summed E-state index contributed by atoms with van der Waals surface area (Å²) in [6, 6.07) is 14.8. The minimum Gasteiger partial charge on any atom is -0.325 e. The number of aromatic nitrogens is 3. The minimum atomic E-state index is -4.54. The van der Waals surface area contributed by atoms with Crippen LogP contribution in [0.1, 0.15) is 35.7 Å². The molecule has 0 atom stereocenters. The smallest absolute Gasteiger partial charge is 0.325 e. The van der Waals surface area contributed by atoms with Crippen LogP contribution in [0.3, 0.4) is 0 Å². The summed E-state index contributed by atoms with van der Waals surface area (Å²) in [5.74, 6) is 0.676. The fourth-order valence-corrected chi connectivity index (χ4v) is 3.87. The number of nitrogens with one attached hydrogen (secondary N) is 1. The number of para-hydroxylation sites is 1. The summed E-state index contributed by atoms with van der Waals surface area (Å²) >= 11 is 1.17. The van der Waals surface area contributed by atoms with E-state index in [1.54, 1.807) is 0 Å². The van der Waals surface area contributed by atoms with Crippen molar-refractivity contribution in [2.24, 2.45) is 0 Å². The molecule has 1 fully saturated rings. The highest BCUT2D eigenvalue weighted by molar-refractivity contribution is 7.99. The number of thioether (sulfide) groups is 1. The average Bonchev–Trinajstić information content (AvgIpc) is 3.49. The van der Waals surface area contributed by atoms with E-state index in [0.717, 1.165) is 30.3 Å². The number of carbonyl (C=O) groups excluding carboxylic acids is 1. The number of hydrogen-bond donors (Lipinski definition) is 1. The number of halogens is 3. The summed E-state index contributed by atoms with van der Waals surface area (Å²) in [6.07, 6.45) is -2.41. The van der Waals surface area contributed by atoms with Crippen LogP contribution >= 0.6 is 11.8 Å². The molecule has 0 radical (unpaired) electrons. The van der Waals surface area contributed by atoms with E-state index in [1.807, 2.05) is 34.9 Å². The van der Waals surface area contributed by atoms with Crippen LogP contribution in [0.4, 0.5) is 18.9 Å². The second-order valence-electron chi connectivity index (χ2n) is 7.07. The first-order valence-corrected chi connectivity index (χ1v) is 10.5. The summed E-state index contributed by atoms with van der Waals surface area (Å²) in [4.78, 5) is 12.3. The molecule has 3 aromatic rings. The molecule has 0 unspecified atom stereocenters. The zero-order valence-corrected chi connectivity index (χ0v) is 16.7. The van der Waals surface area contributed by atoms with Crippen LogP contribution in [-0.2, 0) is 17.5 Å². The Morgan fingerprint density at radius 1 is 1.07 bits per heavy atom. The molecule has 1 heterocycles. The summed E-state index contributed by atoms with van der Waals surface area (Å²) < 4.78 is 41.3. The fourth-order valence-electron chi connectivity index (χ4n) is 3.12. The lowest BCUT2D eigenvalue weighted by molar-refractivity contribution is -0.137. The molecule has 0 bridgehead atoms. The van der Waals surface area contributed by atoms with E-state index in [0.29, 0.717) is 17.6 Å². The second-order valence-corrected chi connectivity index (χ2v) is 8.01. The average molecular weight is 432 g/mol. The van der Waals surface area contributed by atoms with Gasteiger partial charge in [0.25, 0.3) is 0 Å². The topological polar surface area (TPSA) is 59.8 Å². The van der Waals surface area contributed by atoms with Gasteiger partial charge in [-0.15, -0.1) is 10.2 Å². The summed E-state index contributed by atoms with van der Waals surface area (Å²) in [6.45, 7) is 0.584. The number of hydrogen-bond acceptors (Lipinski definition) is 4. The highest BCUT2D eigenvalue weighted by atomic mass is 32.2. The number of amides is 1. The molecule has 9 heteroatoms. The Bertz CT molecular complexity index is 1030.